The van der Waals surface area contributed by atoms with Crippen LogP contribution in [0.2, 0.25) is 0 Å². The van der Waals surface area contributed by atoms with Crippen LogP contribution in [0.1, 0.15) is 59.3 Å². The molecule has 0 amide bonds. The number of aliphatic hydroxyl groups excluding tert-OH is 1. The number of ether oxygens (including phenoxy) is 1. The largest absolute Gasteiger partial charge is 0.396 e. The van der Waals surface area contributed by atoms with Crippen LogP contribution in [0.3, 0.4) is 0 Å². The highest BCUT2D eigenvalue weighted by Gasteiger charge is 2.06. The smallest absolute Gasteiger partial charge is 0.0494 e. The molecule has 0 radical (unpaired) electrons. The van der Waals surface area contributed by atoms with Gasteiger partial charge in [-0.05, 0) is 31.1 Å². The molecule has 0 aliphatic carbocycles. The first kappa shape index (κ1) is 15.9. The zero-order valence-electron chi connectivity index (χ0n) is 11.4. The number of hydrogen-bond donors (Lipinski definition) is 1. The van der Waals surface area contributed by atoms with Crippen LogP contribution in [0.4, 0.5) is 0 Å². The lowest BCUT2D eigenvalue weighted by molar-refractivity contribution is 0.0868. The van der Waals surface area contributed by atoms with Gasteiger partial charge in [0.1, 0.15) is 0 Å². The van der Waals surface area contributed by atoms with E-state index >= 15 is 0 Å². The predicted octanol–water partition coefficient (Wildman–Crippen LogP) is 3.63. The lowest BCUT2D eigenvalue weighted by atomic mass is 10.0. The molecule has 2 unspecified atom stereocenters. The van der Waals surface area contributed by atoms with Crippen molar-refractivity contribution in [1.82, 2.24) is 0 Å². The molecular weight excluding hydrogens is 200 g/mol. The van der Waals surface area contributed by atoms with Crippen LogP contribution >= 0.6 is 0 Å². The Kier molecular flexibility index (Phi) is 11.3. The third-order valence-electron chi connectivity index (χ3n) is 3.19. The van der Waals surface area contributed by atoms with Gasteiger partial charge in [-0.2, -0.15) is 0 Å². The Labute approximate surface area is 101 Å². The van der Waals surface area contributed by atoms with Crippen LogP contribution in [-0.4, -0.2) is 24.9 Å². The monoisotopic (exact) mass is 230 g/mol. The zero-order chi connectivity index (χ0) is 12.2. The Morgan fingerprint density at radius 3 is 2.44 bits per heavy atom. The van der Waals surface area contributed by atoms with Crippen molar-refractivity contribution >= 4 is 0 Å². The van der Waals surface area contributed by atoms with Gasteiger partial charge in [-0.25, -0.2) is 0 Å². The first-order chi connectivity index (χ1) is 7.74. The van der Waals surface area contributed by atoms with Crippen molar-refractivity contribution in [3.05, 3.63) is 0 Å². The van der Waals surface area contributed by atoms with E-state index in [1.165, 1.54) is 25.7 Å². The minimum atomic E-state index is 0.300. The summed E-state index contributed by atoms with van der Waals surface area (Å²) in [4.78, 5) is 0. The first-order valence-corrected chi connectivity index (χ1v) is 6.93. The van der Waals surface area contributed by atoms with Crippen molar-refractivity contribution in [2.75, 3.05) is 19.8 Å². The Morgan fingerprint density at radius 2 is 1.88 bits per heavy atom. The molecule has 0 aromatic heterocycles. The molecule has 0 rings (SSSR count). The maximum Gasteiger partial charge on any atom is 0.0494 e. The average molecular weight is 230 g/mol. The van der Waals surface area contributed by atoms with Crippen LogP contribution in [0.5, 0.6) is 0 Å². The van der Waals surface area contributed by atoms with Gasteiger partial charge in [0.05, 0.1) is 0 Å². The Balaban J connectivity index is 3.33. The number of unbranched alkanes of at least 4 members (excludes halogenated alkanes) is 1. The fourth-order valence-corrected chi connectivity index (χ4v) is 1.77. The second kappa shape index (κ2) is 11.4. The van der Waals surface area contributed by atoms with Crippen molar-refractivity contribution < 1.29 is 9.84 Å². The molecule has 0 fully saturated rings. The molecule has 1 N–H and O–H groups in total. The predicted molar refractivity (Wildman–Crippen MR) is 69.6 cm³/mol. The topological polar surface area (TPSA) is 29.5 Å². The molecule has 0 aliphatic heterocycles. The summed E-state index contributed by atoms with van der Waals surface area (Å²) in [6, 6.07) is 0. The number of aliphatic hydroxyl groups is 1. The lowest BCUT2D eigenvalue weighted by Crippen LogP contribution is -2.10. The summed E-state index contributed by atoms with van der Waals surface area (Å²) in [5.41, 5.74) is 0. The summed E-state index contributed by atoms with van der Waals surface area (Å²) in [6.07, 6.45) is 7.29. The Bertz CT molecular complexity index is 137. The van der Waals surface area contributed by atoms with Gasteiger partial charge >= 0.3 is 0 Å². The third-order valence-corrected chi connectivity index (χ3v) is 3.19. The maximum absolute atomic E-state index is 8.87. The minimum Gasteiger partial charge on any atom is -0.396 e. The van der Waals surface area contributed by atoms with E-state index in [4.69, 9.17) is 9.84 Å². The zero-order valence-corrected chi connectivity index (χ0v) is 11.4. The molecule has 0 aromatic carbocycles. The molecule has 0 aromatic rings. The second-order valence-corrected chi connectivity index (χ2v) is 4.92. The van der Waals surface area contributed by atoms with Gasteiger partial charge in [-0.15, -0.1) is 0 Å². The molecule has 2 heteroatoms. The van der Waals surface area contributed by atoms with Crippen LogP contribution in [0.15, 0.2) is 0 Å². The summed E-state index contributed by atoms with van der Waals surface area (Å²) in [6.45, 7) is 8.64. The molecule has 2 nitrogen and oxygen atoms in total. The fraction of sp³-hybridized carbons (Fsp3) is 1.00. The van der Waals surface area contributed by atoms with Gasteiger partial charge in [0.25, 0.3) is 0 Å². The summed E-state index contributed by atoms with van der Waals surface area (Å²) >= 11 is 0. The quantitative estimate of drug-likeness (QED) is 0.549. The van der Waals surface area contributed by atoms with Gasteiger partial charge in [-0.1, -0.05) is 40.0 Å². The highest BCUT2D eigenvalue weighted by atomic mass is 16.5. The molecule has 2 atom stereocenters. The van der Waals surface area contributed by atoms with E-state index in [-0.39, 0.29) is 0 Å². The van der Waals surface area contributed by atoms with E-state index in [9.17, 15) is 0 Å². The molecule has 0 saturated carbocycles. The van der Waals surface area contributed by atoms with Gasteiger partial charge in [0.15, 0.2) is 0 Å². The van der Waals surface area contributed by atoms with E-state index in [0.717, 1.165) is 32.0 Å². The molecule has 0 saturated heterocycles. The van der Waals surface area contributed by atoms with Gasteiger partial charge < -0.3 is 9.84 Å². The molecular formula is C14H30O2. The standard InChI is InChI=1S/C14H30O2/c1-4-6-9-14(5-2)12-16-10-7-8-13(3)11-15/h13-15H,4-12H2,1-3H3. The van der Waals surface area contributed by atoms with E-state index < -0.39 is 0 Å². The lowest BCUT2D eigenvalue weighted by Gasteiger charge is -2.15. The SMILES string of the molecule is CCCCC(CC)COCCCC(C)CO. The van der Waals surface area contributed by atoms with Crippen LogP contribution in [0, 0.1) is 11.8 Å². The molecule has 98 valence electrons. The molecule has 0 aliphatic rings. The number of rotatable bonds is 11. The second-order valence-electron chi connectivity index (χ2n) is 4.92. The number of hydrogen-bond acceptors (Lipinski definition) is 2. The van der Waals surface area contributed by atoms with E-state index in [2.05, 4.69) is 20.8 Å². The van der Waals surface area contributed by atoms with Crippen LogP contribution in [0.25, 0.3) is 0 Å². The van der Waals surface area contributed by atoms with Crippen molar-refractivity contribution in [2.24, 2.45) is 11.8 Å². The van der Waals surface area contributed by atoms with E-state index in [1.807, 2.05) is 0 Å². The summed E-state index contributed by atoms with van der Waals surface area (Å²) in [7, 11) is 0. The average Bonchev–Trinajstić information content (AvgIpc) is 2.32. The van der Waals surface area contributed by atoms with Crippen molar-refractivity contribution in [2.45, 2.75) is 59.3 Å². The van der Waals surface area contributed by atoms with Gasteiger partial charge in [-0.3, -0.25) is 0 Å². The summed E-state index contributed by atoms with van der Waals surface area (Å²) in [5, 5.41) is 8.87. The normalized spacial score (nSPS) is 15.0. The Hall–Kier alpha value is -0.0800. The van der Waals surface area contributed by atoms with E-state index in [0.29, 0.717) is 12.5 Å². The molecule has 16 heavy (non-hydrogen) atoms. The highest BCUT2D eigenvalue weighted by Crippen LogP contribution is 2.13. The Morgan fingerprint density at radius 1 is 1.12 bits per heavy atom. The summed E-state index contributed by atoms with van der Waals surface area (Å²) in [5.74, 6) is 1.17. The van der Waals surface area contributed by atoms with E-state index in [1.54, 1.807) is 0 Å². The van der Waals surface area contributed by atoms with Crippen molar-refractivity contribution in [1.29, 1.82) is 0 Å². The molecule has 0 heterocycles. The van der Waals surface area contributed by atoms with Crippen LogP contribution < -0.4 is 0 Å². The van der Waals surface area contributed by atoms with Gasteiger partial charge in [0, 0.05) is 19.8 Å². The summed E-state index contributed by atoms with van der Waals surface area (Å²) < 4.78 is 5.70. The van der Waals surface area contributed by atoms with Crippen molar-refractivity contribution in [3.8, 4) is 0 Å². The first-order valence-electron chi connectivity index (χ1n) is 6.93. The molecule has 0 spiro atoms. The van der Waals surface area contributed by atoms with Gasteiger partial charge in [0.2, 0.25) is 0 Å². The highest BCUT2D eigenvalue weighted by molar-refractivity contribution is 4.56. The molecule has 0 bridgehead atoms. The van der Waals surface area contributed by atoms with Crippen molar-refractivity contribution in [3.63, 3.8) is 0 Å². The third kappa shape index (κ3) is 9.17. The fourth-order valence-electron chi connectivity index (χ4n) is 1.77. The minimum absolute atomic E-state index is 0.300. The maximum atomic E-state index is 8.87. The van der Waals surface area contributed by atoms with Crippen LogP contribution in [-0.2, 0) is 4.74 Å².